The second-order valence-corrected chi connectivity index (χ2v) is 6.96. The van der Waals surface area contributed by atoms with Gasteiger partial charge in [0.05, 0.1) is 29.7 Å². The smallest absolute Gasteiger partial charge is 0.396 e. The summed E-state index contributed by atoms with van der Waals surface area (Å²) in [6.45, 7) is 5.00. The molecule has 0 bridgehead atoms. The fraction of sp³-hybridized carbons (Fsp3) is 0.444. The molecule has 1 aromatic carbocycles. The lowest BCUT2D eigenvalue weighted by molar-refractivity contribution is -0.155. The van der Waals surface area contributed by atoms with E-state index in [1.165, 1.54) is 6.07 Å². The zero-order chi connectivity index (χ0) is 20.4. The van der Waals surface area contributed by atoms with Gasteiger partial charge in [-0.15, -0.1) is 0 Å². The van der Waals surface area contributed by atoms with E-state index in [0.29, 0.717) is 5.56 Å². The Morgan fingerprint density at radius 2 is 1.78 bits per heavy atom. The monoisotopic (exact) mass is 415 g/mol. The Morgan fingerprint density at radius 3 is 2.37 bits per heavy atom. The minimum absolute atomic E-state index is 0.00657. The topological polar surface area (TPSA) is 98.8 Å². The zero-order valence-corrected chi connectivity index (χ0v) is 16.6. The molecule has 0 aliphatic heterocycles. The van der Waals surface area contributed by atoms with Gasteiger partial charge in [0.2, 0.25) is 0 Å². The summed E-state index contributed by atoms with van der Waals surface area (Å²) < 4.78 is 9.65. The predicted molar refractivity (Wildman–Crippen MR) is 98.0 cm³/mol. The molecule has 0 saturated heterocycles. The van der Waals surface area contributed by atoms with Crippen molar-refractivity contribution in [2.45, 2.75) is 38.6 Å². The summed E-state index contributed by atoms with van der Waals surface area (Å²) in [4.78, 5) is 48.9. The molecule has 9 heteroatoms. The average Bonchev–Trinajstić information content (AvgIpc) is 2.80. The Labute approximate surface area is 166 Å². The Hall–Kier alpha value is -2.12. The van der Waals surface area contributed by atoms with Gasteiger partial charge in [0, 0.05) is 11.0 Å². The van der Waals surface area contributed by atoms with Gasteiger partial charge >= 0.3 is 17.8 Å². The van der Waals surface area contributed by atoms with Crippen molar-refractivity contribution in [2.75, 3.05) is 13.2 Å². The molecule has 1 aliphatic carbocycles. The Bertz CT molecular complexity index is 809. The summed E-state index contributed by atoms with van der Waals surface area (Å²) in [5, 5.41) is 2.57. The second kappa shape index (κ2) is 8.27. The molecule has 2 rings (SSSR count). The number of rotatable bonds is 5. The van der Waals surface area contributed by atoms with Crippen LogP contribution in [0.3, 0.4) is 0 Å². The lowest BCUT2D eigenvalue weighted by Crippen LogP contribution is -2.52. The Balaban J connectivity index is 2.48. The second-order valence-electron chi connectivity index (χ2n) is 6.17. The van der Waals surface area contributed by atoms with Gasteiger partial charge in [-0.1, -0.05) is 36.2 Å². The maximum atomic E-state index is 13.0. The molecule has 1 aliphatic rings. The zero-order valence-electron chi connectivity index (χ0n) is 15.1. The van der Waals surface area contributed by atoms with E-state index < -0.39 is 35.1 Å². The van der Waals surface area contributed by atoms with Gasteiger partial charge in [-0.2, -0.15) is 0 Å². The highest BCUT2D eigenvalue weighted by Crippen LogP contribution is 2.46. The number of amides is 1. The number of hydrogen-bond donors (Lipinski definition) is 1. The lowest BCUT2D eigenvalue weighted by atomic mass is 9.77. The number of ketones is 1. The van der Waals surface area contributed by atoms with E-state index in [4.69, 9.17) is 27.9 Å². The molecule has 2 atom stereocenters. The number of ether oxygens (including phenoxy) is 2. The molecule has 7 nitrogen and oxygen atoms in total. The summed E-state index contributed by atoms with van der Waals surface area (Å²) in [6.07, 6.45) is -0.203. The quantitative estimate of drug-likeness (QED) is 0.585. The van der Waals surface area contributed by atoms with Gasteiger partial charge in [0.1, 0.15) is 6.04 Å². The number of benzene rings is 1. The third kappa shape index (κ3) is 3.94. The van der Waals surface area contributed by atoms with Crippen molar-refractivity contribution in [3.05, 3.63) is 33.3 Å². The Morgan fingerprint density at radius 1 is 1.15 bits per heavy atom. The maximum absolute atomic E-state index is 13.0. The predicted octanol–water partition coefficient (Wildman–Crippen LogP) is 2.45. The molecule has 1 N–H and O–H groups in total. The number of halogens is 2. The minimum Gasteiger partial charge on any atom is -0.466 e. The van der Waals surface area contributed by atoms with Crippen LogP contribution in [0, 0.1) is 0 Å². The van der Waals surface area contributed by atoms with Gasteiger partial charge in [0.15, 0.2) is 5.78 Å². The van der Waals surface area contributed by atoms with Crippen LogP contribution in [-0.4, -0.2) is 42.9 Å². The number of carbonyl (C=O) groups excluding carboxylic acids is 4. The Kier molecular flexibility index (Phi) is 6.49. The summed E-state index contributed by atoms with van der Waals surface area (Å²) in [7, 11) is 0. The van der Waals surface area contributed by atoms with E-state index in [0.717, 1.165) is 0 Å². The molecule has 1 amide bonds. The summed E-state index contributed by atoms with van der Waals surface area (Å²) in [5.41, 5.74) is -0.607. The van der Waals surface area contributed by atoms with Crippen LogP contribution in [0.15, 0.2) is 12.1 Å². The van der Waals surface area contributed by atoms with Gasteiger partial charge in [0.25, 0.3) is 0 Å². The maximum Gasteiger partial charge on any atom is 0.396 e. The van der Waals surface area contributed by atoms with Crippen LogP contribution in [0.2, 0.25) is 10.0 Å². The number of nitrogens with one attached hydrogen (secondary N) is 1. The lowest BCUT2D eigenvalue weighted by Gasteiger charge is -2.31. The molecule has 146 valence electrons. The number of carbonyl (C=O) groups is 4. The molecule has 0 saturated carbocycles. The van der Waals surface area contributed by atoms with E-state index >= 15 is 0 Å². The summed E-state index contributed by atoms with van der Waals surface area (Å²) in [6, 6.07) is 1.89. The van der Waals surface area contributed by atoms with E-state index in [-0.39, 0.29) is 35.2 Å². The largest absolute Gasteiger partial charge is 0.466 e. The fourth-order valence-corrected chi connectivity index (χ4v) is 3.59. The number of hydrogen-bond acceptors (Lipinski definition) is 6. The van der Waals surface area contributed by atoms with Crippen molar-refractivity contribution in [3.63, 3.8) is 0 Å². The first kappa shape index (κ1) is 21.2. The van der Waals surface area contributed by atoms with Crippen LogP contribution >= 0.6 is 23.2 Å². The third-order valence-corrected chi connectivity index (χ3v) is 5.21. The molecule has 0 heterocycles. The molecule has 0 spiro atoms. The van der Waals surface area contributed by atoms with Gasteiger partial charge in [-0.25, -0.2) is 4.79 Å². The van der Waals surface area contributed by atoms with Crippen LogP contribution in [0.5, 0.6) is 0 Å². The molecular formula is C18H19Cl2NO6. The van der Waals surface area contributed by atoms with Crippen molar-refractivity contribution in [3.8, 4) is 0 Å². The van der Waals surface area contributed by atoms with E-state index in [9.17, 15) is 19.2 Å². The first-order valence-corrected chi connectivity index (χ1v) is 9.08. The van der Waals surface area contributed by atoms with Crippen molar-refractivity contribution in [2.24, 2.45) is 0 Å². The van der Waals surface area contributed by atoms with E-state index in [2.05, 4.69) is 10.1 Å². The standard InChI is InChI=1S/C18H19Cl2NO6/c1-4-26-11(22)8-18(3)9-6-7-10(19)13(20)12(9)14(23)15(18)21-16(24)17(25)27-5-2/h6-7,15H,4-5,8H2,1-3H3,(H,21,24). The summed E-state index contributed by atoms with van der Waals surface area (Å²) >= 11 is 12.2. The molecule has 0 radical (unpaired) electrons. The SMILES string of the molecule is CCOC(=O)CC1(C)c2ccc(Cl)c(Cl)c2C(=O)C1NC(=O)C(=O)OCC. The number of Topliss-reactive ketones (excluding diaryl/α,β-unsaturated/α-hetero) is 1. The highest BCUT2D eigenvalue weighted by Gasteiger charge is 2.52. The van der Waals surface area contributed by atoms with Gasteiger partial charge in [-0.05, 0) is 25.5 Å². The molecule has 1 aromatic rings. The molecule has 2 unspecified atom stereocenters. The van der Waals surface area contributed by atoms with Gasteiger partial charge in [-0.3, -0.25) is 14.4 Å². The minimum atomic E-state index is -1.20. The molecule has 0 aromatic heterocycles. The number of fused-ring (bicyclic) bond motifs is 1. The normalized spacial score (nSPS) is 20.8. The highest BCUT2D eigenvalue weighted by atomic mass is 35.5. The third-order valence-electron chi connectivity index (χ3n) is 4.41. The van der Waals surface area contributed by atoms with Crippen LogP contribution in [0.1, 0.15) is 43.1 Å². The first-order valence-electron chi connectivity index (χ1n) is 8.33. The molecule has 0 fully saturated rings. The summed E-state index contributed by atoms with van der Waals surface area (Å²) in [5.74, 6) is -3.30. The number of esters is 2. The van der Waals surface area contributed by atoms with E-state index in [1.807, 2.05) is 0 Å². The fourth-order valence-electron chi connectivity index (χ4n) is 3.18. The molecular weight excluding hydrogens is 397 g/mol. The van der Waals surface area contributed by atoms with Crippen LogP contribution in [0.25, 0.3) is 0 Å². The average molecular weight is 416 g/mol. The molecule has 27 heavy (non-hydrogen) atoms. The van der Waals surface area contributed by atoms with Crippen molar-refractivity contribution < 1.29 is 28.7 Å². The van der Waals surface area contributed by atoms with Gasteiger partial charge < -0.3 is 14.8 Å². The van der Waals surface area contributed by atoms with Crippen molar-refractivity contribution >= 4 is 46.8 Å². The van der Waals surface area contributed by atoms with Crippen LogP contribution < -0.4 is 5.32 Å². The van der Waals surface area contributed by atoms with Crippen molar-refractivity contribution in [1.29, 1.82) is 0 Å². The highest BCUT2D eigenvalue weighted by molar-refractivity contribution is 6.44. The first-order chi connectivity index (χ1) is 12.7. The van der Waals surface area contributed by atoms with E-state index in [1.54, 1.807) is 26.8 Å². The van der Waals surface area contributed by atoms with Crippen molar-refractivity contribution in [1.82, 2.24) is 5.32 Å². The van der Waals surface area contributed by atoms with Crippen LogP contribution in [0.4, 0.5) is 0 Å². The van der Waals surface area contributed by atoms with Crippen LogP contribution in [-0.2, 0) is 29.3 Å².